The Balaban J connectivity index is 2.28. The van der Waals surface area contributed by atoms with Crippen LogP contribution in [0.15, 0.2) is 48.5 Å². The van der Waals surface area contributed by atoms with E-state index in [0.29, 0.717) is 10.8 Å². The second kappa shape index (κ2) is 6.20. The standard InChI is InChI=1S/C21H20O4/c1-21(2,3)25-18(22)12-17-13-8-4-6-10-15(13)19(20(23)24)16-11-7-5-9-14(16)17/h4-11H,12H2,1-3H3,(H,23,24). The Labute approximate surface area is 146 Å². The lowest BCUT2D eigenvalue weighted by molar-refractivity contribution is -0.153. The first-order valence-electron chi connectivity index (χ1n) is 8.15. The molecule has 0 heterocycles. The molecule has 4 nitrogen and oxygen atoms in total. The van der Waals surface area contributed by atoms with Crippen LogP contribution in [0.4, 0.5) is 0 Å². The SMILES string of the molecule is CC(C)(C)OC(=O)Cc1c2ccccc2c(C(=O)O)c2ccccc12. The Hall–Kier alpha value is -2.88. The van der Waals surface area contributed by atoms with E-state index in [4.69, 9.17) is 4.74 Å². The number of esters is 1. The van der Waals surface area contributed by atoms with Gasteiger partial charge in [0.2, 0.25) is 0 Å². The predicted octanol–water partition coefficient (Wildman–Crippen LogP) is 4.58. The first-order chi connectivity index (χ1) is 11.8. The van der Waals surface area contributed by atoms with Crippen molar-refractivity contribution in [1.82, 2.24) is 0 Å². The average molecular weight is 336 g/mol. The van der Waals surface area contributed by atoms with E-state index in [2.05, 4.69) is 0 Å². The summed E-state index contributed by atoms with van der Waals surface area (Å²) in [6.07, 6.45) is 0.0954. The van der Waals surface area contributed by atoms with Gasteiger partial charge in [-0.1, -0.05) is 48.5 Å². The Kier molecular flexibility index (Phi) is 4.21. The highest BCUT2D eigenvalue weighted by molar-refractivity contribution is 6.18. The molecule has 0 aliphatic rings. The average Bonchev–Trinajstić information content (AvgIpc) is 2.52. The van der Waals surface area contributed by atoms with Gasteiger partial charge in [0.05, 0.1) is 12.0 Å². The van der Waals surface area contributed by atoms with Crippen molar-refractivity contribution in [2.45, 2.75) is 32.8 Å². The summed E-state index contributed by atoms with van der Waals surface area (Å²) in [6, 6.07) is 14.6. The number of carboxylic acids is 1. The van der Waals surface area contributed by atoms with Gasteiger partial charge in [-0.05, 0) is 47.9 Å². The third-order valence-electron chi connectivity index (χ3n) is 4.00. The second-order valence-corrected chi connectivity index (χ2v) is 7.01. The first-order valence-corrected chi connectivity index (χ1v) is 8.15. The van der Waals surface area contributed by atoms with Gasteiger partial charge in [0, 0.05) is 0 Å². The van der Waals surface area contributed by atoms with E-state index < -0.39 is 11.6 Å². The van der Waals surface area contributed by atoms with E-state index in [1.165, 1.54) is 0 Å². The first kappa shape index (κ1) is 17.0. The Morgan fingerprint density at radius 1 is 0.880 bits per heavy atom. The number of rotatable bonds is 3. The molecule has 0 fully saturated rings. The predicted molar refractivity (Wildman–Crippen MR) is 98.0 cm³/mol. The zero-order valence-electron chi connectivity index (χ0n) is 14.5. The molecular weight excluding hydrogens is 316 g/mol. The summed E-state index contributed by atoms with van der Waals surface area (Å²) >= 11 is 0. The number of ether oxygens (including phenoxy) is 1. The maximum absolute atomic E-state index is 12.4. The lowest BCUT2D eigenvalue weighted by Crippen LogP contribution is -2.25. The smallest absolute Gasteiger partial charge is 0.336 e. The van der Waals surface area contributed by atoms with Crippen LogP contribution in [-0.4, -0.2) is 22.6 Å². The molecule has 3 aromatic rings. The largest absolute Gasteiger partial charge is 0.478 e. The highest BCUT2D eigenvalue weighted by atomic mass is 16.6. The molecule has 4 heteroatoms. The lowest BCUT2D eigenvalue weighted by atomic mass is 9.90. The fourth-order valence-electron chi connectivity index (χ4n) is 3.16. The molecule has 0 spiro atoms. The van der Waals surface area contributed by atoms with E-state index in [0.717, 1.165) is 16.3 Å². The monoisotopic (exact) mass is 336 g/mol. The number of carbonyl (C=O) groups excluding carboxylic acids is 1. The van der Waals surface area contributed by atoms with Gasteiger partial charge in [-0.2, -0.15) is 0 Å². The third-order valence-corrected chi connectivity index (χ3v) is 4.00. The van der Waals surface area contributed by atoms with Gasteiger partial charge in [-0.25, -0.2) is 4.79 Å². The van der Waals surface area contributed by atoms with E-state index in [-0.39, 0.29) is 18.0 Å². The van der Waals surface area contributed by atoms with Crippen molar-refractivity contribution in [3.8, 4) is 0 Å². The van der Waals surface area contributed by atoms with Gasteiger partial charge in [0.1, 0.15) is 5.60 Å². The number of hydrogen-bond donors (Lipinski definition) is 1. The third kappa shape index (κ3) is 3.33. The van der Waals surface area contributed by atoms with Crippen molar-refractivity contribution in [3.63, 3.8) is 0 Å². The van der Waals surface area contributed by atoms with Crippen LogP contribution in [0.2, 0.25) is 0 Å². The zero-order valence-corrected chi connectivity index (χ0v) is 14.5. The van der Waals surface area contributed by atoms with E-state index in [1.54, 1.807) is 24.3 Å². The topological polar surface area (TPSA) is 63.6 Å². The minimum atomic E-state index is -0.976. The van der Waals surface area contributed by atoms with Crippen LogP contribution in [0, 0.1) is 0 Å². The second-order valence-electron chi connectivity index (χ2n) is 7.01. The molecule has 0 atom stereocenters. The van der Waals surface area contributed by atoms with Crippen LogP contribution in [0.3, 0.4) is 0 Å². The molecule has 1 N–H and O–H groups in total. The highest BCUT2D eigenvalue weighted by Crippen LogP contribution is 2.33. The molecular formula is C21H20O4. The molecule has 0 saturated heterocycles. The zero-order chi connectivity index (χ0) is 18.2. The Morgan fingerprint density at radius 2 is 1.32 bits per heavy atom. The van der Waals surface area contributed by atoms with E-state index in [1.807, 2.05) is 45.0 Å². The van der Waals surface area contributed by atoms with Crippen molar-refractivity contribution >= 4 is 33.5 Å². The molecule has 25 heavy (non-hydrogen) atoms. The van der Waals surface area contributed by atoms with Crippen LogP contribution in [0.5, 0.6) is 0 Å². The van der Waals surface area contributed by atoms with E-state index >= 15 is 0 Å². The molecule has 0 saturated carbocycles. The summed E-state index contributed by atoms with van der Waals surface area (Å²) in [5.41, 5.74) is 0.494. The van der Waals surface area contributed by atoms with Gasteiger partial charge in [0.15, 0.2) is 0 Å². The molecule has 0 bridgehead atoms. The Morgan fingerprint density at radius 3 is 1.72 bits per heavy atom. The number of carboxylic acid groups (broad SMARTS) is 1. The summed E-state index contributed by atoms with van der Waals surface area (Å²) in [5, 5.41) is 12.5. The van der Waals surface area contributed by atoms with Gasteiger partial charge in [-0.15, -0.1) is 0 Å². The van der Waals surface area contributed by atoms with Gasteiger partial charge in [0.25, 0.3) is 0 Å². The molecule has 3 rings (SSSR count). The van der Waals surface area contributed by atoms with E-state index in [9.17, 15) is 14.7 Å². The molecule has 0 aromatic heterocycles. The fraction of sp³-hybridized carbons (Fsp3) is 0.238. The molecule has 128 valence electrons. The summed E-state index contributed by atoms with van der Waals surface area (Å²) in [7, 11) is 0. The minimum Gasteiger partial charge on any atom is -0.478 e. The summed E-state index contributed by atoms with van der Waals surface area (Å²) in [6.45, 7) is 5.48. The number of aromatic carboxylic acids is 1. The molecule has 0 unspecified atom stereocenters. The summed E-state index contributed by atoms with van der Waals surface area (Å²) in [4.78, 5) is 24.3. The number of hydrogen-bond acceptors (Lipinski definition) is 3. The van der Waals surface area contributed by atoms with Gasteiger partial charge in [-0.3, -0.25) is 4.79 Å². The summed E-state index contributed by atoms with van der Waals surface area (Å²) in [5.74, 6) is -1.30. The number of benzene rings is 3. The molecule has 0 aliphatic heterocycles. The van der Waals surface area contributed by atoms with Crippen molar-refractivity contribution in [2.75, 3.05) is 0 Å². The maximum atomic E-state index is 12.4. The van der Waals surface area contributed by atoms with Gasteiger partial charge >= 0.3 is 11.9 Å². The highest BCUT2D eigenvalue weighted by Gasteiger charge is 2.22. The molecule has 0 radical (unpaired) electrons. The molecule has 3 aromatic carbocycles. The lowest BCUT2D eigenvalue weighted by Gasteiger charge is -2.20. The van der Waals surface area contributed by atoms with Crippen LogP contribution < -0.4 is 0 Å². The van der Waals surface area contributed by atoms with Crippen LogP contribution >= 0.6 is 0 Å². The molecule has 0 amide bonds. The van der Waals surface area contributed by atoms with Crippen molar-refractivity contribution in [2.24, 2.45) is 0 Å². The normalized spacial score (nSPS) is 11.6. The molecule has 0 aliphatic carbocycles. The van der Waals surface area contributed by atoms with Gasteiger partial charge < -0.3 is 9.84 Å². The number of carbonyl (C=O) groups is 2. The van der Waals surface area contributed by atoms with Crippen molar-refractivity contribution < 1.29 is 19.4 Å². The number of fused-ring (bicyclic) bond motifs is 2. The van der Waals surface area contributed by atoms with Crippen LogP contribution in [0.25, 0.3) is 21.5 Å². The van der Waals surface area contributed by atoms with Crippen LogP contribution in [-0.2, 0) is 16.0 Å². The van der Waals surface area contributed by atoms with Crippen molar-refractivity contribution in [1.29, 1.82) is 0 Å². The Bertz CT molecular complexity index is 923. The minimum absolute atomic E-state index is 0.0954. The fourth-order valence-corrected chi connectivity index (χ4v) is 3.16. The van der Waals surface area contributed by atoms with Crippen LogP contribution in [0.1, 0.15) is 36.7 Å². The maximum Gasteiger partial charge on any atom is 0.336 e. The van der Waals surface area contributed by atoms with Crippen molar-refractivity contribution in [3.05, 3.63) is 59.7 Å². The quantitative estimate of drug-likeness (QED) is 0.562. The summed E-state index contributed by atoms with van der Waals surface area (Å²) < 4.78 is 5.46.